The molecule has 2 N–H and O–H groups in total. The average molecular weight is 249 g/mol. The maximum atomic E-state index is 9.57. The monoisotopic (exact) mass is 249 g/mol. The molecule has 0 bridgehead atoms. The van der Waals surface area contributed by atoms with E-state index in [1.165, 1.54) is 0 Å². The standard InChI is InChI=1S/C12H27NO4/c1-10(2)17-6-5-16-9-12(14)8-13-7-11(3)15-4/h10-14H,5-9H2,1-4H3. The first-order valence-electron chi connectivity index (χ1n) is 6.17. The third-order valence-electron chi connectivity index (χ3n) is 2.20. The molecule has 0 aromatic carbocycles. The Labute approximate surface area is 104 Å². The number of aliphatic hydroxyl groups is 1. The number of rotatable bonds is 11. The molecule has 0 amide bonds. The van der Waals surface area contributed by atoms with Gasteiger partial charge in [0.25, 0.3) is 0 Å². The minimum absolute atomic E-state index is 0.155. The Morgan fingerprint density at radius 1 is 1.12 bits per heavy atom. The molecule has 0 radical (unpaired) electrons. The Hall–Kier alpha value is -0.200. The third kappa shape index (κ3) is 12.1. The predicted molar refractivity (Wildman–Crippen MR) is 67.3 cm³/mol. The van der Waals surface area contributed by atoms with Crippen molar-refractivity contribution in [2.75, 3.05) is 40.0 Å². The van der Waals surface area contributed by atoms with Crippen LogP contribution < -0.4 is 5.32 Å². The van der Waals surface area contributed by atoms with Gasteiger partial charge in [0.15, 0.2) is 0 Å². The van der Waals surface area contributed by atoms with Gasteiger partial charge in [0.05, 0.1) is 38.1 Å². The van der Waals surface area contributed by atoms with Gasteiger partial charge < -0.3 is 24.6 Å². The molecule has 0 aliphatic carbocycles. The Kier molecular flexibility index (Phi) is 10.8. The Morgan fingerprint density at radius 3 is 2.41 bits per heavy atom. The van der Waals surface area contributed by atoms with E-state index >= 15 is 0 Å². The second-order valence-corrected chi connectivity index (χ2v) is 4.35. The van der Waals surface area contributed by atoms with E-state index in [4.69, 9.17) is 14.2 Å². The Bertz CT molecular complexity index is 167. The summed E-state index contributed by atoms with van der Waals surface area (Å²) in [4.78, 5) is 0. The van der Waals surface area contributed by atoms with Crippen LogP contribution in [0.15, 0.2) is 0 Å². The highest BCUT2D eigenvalue weighted by Gasteiger charge is 2.05. The van der Waals surface area contributed by atoms with E-state index in [9.17, 15) is 5.11 Å². The first-order chi connectivity index (χ1) is 8.06. The number of hydrogen-bond acceptors (Lipinski definition) is 5. The molecule has 5 heteroatoms. The van der Waals surface area contributed by atoms with Crippen molar-refractivity contribution < 1.29 is 19.3 Å². The van der Waals surface area contributed by atoms with E-state index in [1.54, 1.807) is 7.11 Å². The Morgan fingerprint density at radius 2 is 1.82 bits per heavy atom. The van der Waals surface area contributed by atoms with Crippen molar-refractivity contribution in [1.82, 2.24) is 5.32 Å². The van der Waals surface area contributed by atoms with Crippen LogP contribution in [0.4, 0.5) is 0 Å². The second-order valence-electron chi connectivity index (χ2n) is 4.35. The first-order valence-corrected chi connectivity index (χ1v) is 6.17. The van der Waals surface area contributed by atoms with E-state index in [0.717, 1.165) is 6.54 Å². The molecule has 0 saturated carbocycles. The highest BCUT2D eigenvalue weighted by molar-refractivity contribution is 4.61. The lowest BCUT2D eigenvalue weighted by atomic mass is 10.3. The summed E-state index contributed by atoms with van der Waals surface area (Å²) < 4.78 is 15.7. The van der Waals surface area contributed by atoms with Crippen molar-refractivity contribution in [1.29, 1.82) is 0 Å². The van der Waals surface area contributed by atoms with Crippen LogP contribution in [0.25, 0.3) is 0 Å². The lowest BCUT2D eigenvalue weighted by Gasteiger charge is -2.15. The molecular weight excluding hydrogens is 222 g/mol. The molecule has 17 heavy (non-hydrogen) atoms. The average Bonchev–Trinajstić information content (AvgIpc) is 2.27. The topological polar surface area (TPSA) is 60.0 Å². The smallest absolute Gasteiger partial charge is 0.0897 e. The zero-order valence-corrected chi connectivity index (χ0v) is 11.4. The molecule has 0 aliphatic heterocycles. The van der Waals surface area contributed by atoms with Gasteiger partial charge in [-0.1, -0.05) is 0 Å². The highest BCUT2D eigenvalue weighted by Crippen LogP contribution is 1.90. The molecule has 0 spiro atoms. The van der Waals surface area contributed by atoms with Gasteiger partial charge in [-0.05, 0) is 20.8 Å². The van der Waals surface area contributed by atoms with Crippen LogP contribution >= 0.6 is 0 Å². The van der Waals surface area contributed by atoms with Crippen molar-refractivity contribution >= 4 is 0 Å². The molecule has 0 rings (SSSR count). The summed E-state index contributed by atoms with van der Waals surface area (Å²) in [5.41, 5.74) is 0. The zero-order valence-electron chi connectivity index (χ0n) is 11.4. The molecule has 0 saturated heterocycles. The van der Waals surface area contributed by atoms with Crippen LogP contribution in [0.3, 0.4) is 0 Å². The summed E-state index contributed by atoms with van der Waals surface area (Å²) in [6.45, 7) is 8.59. The summed E-state index contributed by atoms with van der Waals surface area (Å²) in [7, 11) is 1.67. The van der Waals surface area contributed by atoms with Gasteiger partial charge in [-0.15, -0.1) is 0 Å². The fourth-order valence-electron chi connectivity index (χ4n) is 1.16. The van der Waals surface area contributed by atoms with Crippen LogP contribution in [-0.2, 0) is 14.2 Å². The lowest BCUT2D eigenvalue weighted by molar-refractivity contribution is -0.0106. The maximum absolute atomic E-state index is 9.57. The number of aliphatic hydroxyl groups excluding tert-OH is 1. The molecule has 2 unspecified atom stereocenters. The molecular formula is C12H27NO4. The summed E-state index contributed by atoms with van der Waals surface area (Å²) in [5, 5.41) is 12.7. The van der Waals surface area contributed by atoms with Crippen molar-refractivity contribution in [3.63, 3.8) is 0 Å². The number of nitrogens with one attached hydrogen (secondary N) is 1. The van der Waals surface area contributed by atoms with Crippen molar-refractivity contribution in [3.05, 3.63) is 0 Å². The lowest BCUT2D eigenvalue weighted by Crippen LogP contribution is -2.35. The predicted octanol–water partition coefficient (Wildman–Crippen LogP) is 0.413. The molecule has 0 fully saturated rings. The summed E-state index contributed by atoms with van der Waals surface area (Å²) in [6.07, 6.45) is -0.110. The quantitative estimate of drug-likeness (QED) is 0.520. The van der Waals surface area contributed by atoms with Gasteiger partial charge in [-0.2, -0.15) is 0 Å². The van der Waals surface area contributed by atoms with E-state index in [2.05, 4.69) is 5.32 Å². The fraction of sp³-hybridized carbons (Fsp3) is 1.00. The van der Waals surface area contributed by atoms with E-state index < -0.39 is 6.10 Å². The number of methoxy groups -OCH3 is 1. The number of hydrogen-bond donors (Lipinski definition) is 2. The molecule has 5 nitrogen and oxygen atoms in total. The molecule has 104 valence electrons. The normalized spacial score (nSPS) is 15.2. The molecule has 0 aromatic heterocycles. The molecule has 0 aromatic rings. The SMILES string of the molecule is COC(C)CNCC(O)COCCOC(C)C. The van der Waals surface area contributed by atoms with Gasteiger partial charge in [0.2, 0.25) is 0 Å². The van der Waals surface area contributed by atoms with Crippen molar-refractivity contribution in [3.8, 4) is 0 Å². The first kappa shape index (κ1) is 16.8. The van der Waals surface area contributed by atoms with Crippen molar-refractivity contribution in [2.24, 2.45) is 0 Å². The van der Waals surface area contributed by atoms with Crippen LogP contribution in [-0.4, -0.2) is 63.4 Å². The number of ether oxygens (including phenoxy) is 3. The summed E-state index contributed by atoms with van der Waals surface area (Å²) >= 11 is 0. The fourth-order valence-corrected chi connectivity index (χ4v) is 1.16. The largest absolute Gasteiger partial charge is 0.389 e. The second kappa shape index (κ2) is 10.9. The van der Waals surface area contributed by atoms with Gasteiger partial charge >= 0.3 is 0 Å². The minimum atomic E-state index is -0.488. The van der Waals surface area contributed by atoms with Gasteiger partial charge in [0.1, 0.15) is 0 Å². The molecule has 0 aliphatic rings. The molecule has 2 atom stereocenters. The zero-order chi connectivity index (χ0) is 13.1. The highest BCUT2D eigenvalue weighted by atomic mass is 16.5. The third-order valence-corrected chi connectivity index (χ3v) is 2.20. The van der Waals surface area contributed by atoms with Crippen LogP contribution in [0.2, 0.25) is 0 Å². The van der Waals surface area contributed by atoms with Gasteiger partial charge in [0, 0.05) is 20.2 Å². The minimum Gasteiger partial charge on any atom is -0.389 e. The van der Waals surface area contributed by atoms with Gasteiger partial charge in [-0.25, -0.2) is 0 Å². The van der Waals surface area contributed by atoms with Crippen LogP contribution in [0.5, 0.6) is 0 Å². The van der Waals surface area contributed by atoms with Crippen LogP contribution in [0, 0.1) is 0 Å². The van der Waals surface area contributed by atoms with E-state index in [1.807, 2.05) is 20.8 Å². The molecule has 0 heterocycles. The van der Waals surface area contributed by atoms with Gasteiger partial charge in [-0.3, -0.25) is 0 Å². The summed E-state index contributed by atoms with van der Waals surface area (Å²) in [6, 6.07) is 0. The maximum Gasteiger partial charge on any atom is 0.0897 e. The van der Waals surface area contributed by atoms with E-state index in [0.29, 0.717) is 26.4 Å². The van der Waals surface area contributed by atoms with Crippen LogP contribution in [0.1, 0.15) is 20.8 Å². The van der Waals surface area contributed by atoms with Crippen molar-refractivity contribution in [2.45, 2.75) is 39.1 Å². The van der Waals surface area contributed by atoms with E-state index in [-0.39, 0.29) is 12.2 Å². The Balaban J connectivity index is 3.26. The summed E-state index contributed by atoms with van der Waals surface area (Å²) in [5.74, 6) is 0.